The number of pyridine rings is 1. The van der Waals surface area contributed by atoms with E-state index in [0.29, 0.717) is 0 Å². The summed E-state index contributed by atoms with van der Waals surface area (Å²) in [5.74, 6) is -0.822. The van der Waals surface area contributed by atoms with Crippen LogP contribution in [-0.4, -0.2) is 23.2 Å². The van der Waals surface area contributed by atoms with Gasteiger partial charge in [0, 0.05) is 11.8 Å². The summed E-state index contributed by atoms with van der Waals surface area (Å²) in [4.78, 5) is 14.9. The van der Waals surface area contributed by atoms with E-state index in [2.05, 4.69) is 24.0 Å². The van der Waals surface area contributed by atoms with E-state index in [1.54, 1.807) is 12.3 Å². The Bertz CT molecular complexity index is 608. The molecule has 0 amide bonds. The van der Waals surface area contributed by atoms with Crippen LogP contribution >= 0.6 is 0 Å². The first kappa shape index (κ1) is 13.1. The molecule has 0 fully saturated rings. The molecule has 0 bridgehead atoms. The van der Waals surface area contributed by atoms with E-state index in [0.717, 1.165) is 17.5 Å². The highest BCUT2D eigenvalue weighted by Crippen LogP contribution is 2.26. The number of aromatic nitrogens is 1. The van der Waals surface area contributed by atoms with E-state index in [-0.39, 0.29) is 11.4 Å². The third-order valence-corrected chi connectivity index (χ3v) is 2.94. The number of aryl methyl sites for hydroxylation is 1. The largest absolute Gasteiger partial charge is 0.494 e. The molecular formula is C15H15NO3. The van der Waals surface area contributed by atoms with Crippen molar-refractivity contribution in [2.75, 3.05) is 7.11 Å². The van der Waals surface area contributed by atoms with Gasteiger partial charge in [-0.05, 0) is 23.6 Å². The average Bonchev–Trinajstić information content (AvgIpc) is 2.46. The van der Waals surface area contributed by atoms with Crippen LogP contribution in [0.2, 0.25) is 0 Å². The van der Waals surface area contributed by atoms with E-state index in [4.69, 9.17) is 9.84 Å². The van der Waals surface area contributed by atoms with Crippen LogP contribution in [0.25, 0.3) is 11.1 Å². The second-order valence-electron chi connectivity index (χ2n) is 4.13. The van der Waals surface area contributed by atoms with Crippen LogP contribution < -0.4 is 4.74 Å². The predicted molar refractivity (Wildman–Crippen MR) is 72.6 cm³/mol. The summed E-state index contributed by atoms with van der Waals surface area (Å²) in [6.07, 6.45) is 2.51. The maximum atomic E-state index is 11.0. The van der Waals surface area contributed by atoms with Gasteiger partial charge in [-0.3, -0.25) is 0 Å². The van der Waals surface area contributed by atoms with Crippen molar-refractivity contribution >= 4 is 5.97 Å². The molecule has 2 aromatic rings. The Kier molecular flexibility index (Phi) is 3.80. The molecule has 4 nitrogen and oxygen atoms in total. The quantitative estimate of drug-likeness (QED) is 0.914. The van der Waals surface area contributed by atoms with Crippen molar-refractivity contribution in [3.8, 4) is 16.9 Å². The third-order valence-electron chi connectivity index (χ3n) is 2.94. The SMILES string of the molecule is CCc1cccc(-c2cnc(C(=O)O)c(OC)c2)c1. The van der Waals surface area contributed by atoms with Crippen molar-refractivity contribution in [3.05, 3.63) is 47.8 Å². The smallest absolute Gasteiger partial charge is 0.358 e. The number of methoxy groups -OCH3 is 1. The molecule has 0 saturated carbocycles. The Morgan fingerprint density at radius 2 is 2.11 bits per heavy atom. The van der Waals surface area contributed by atoms with Crippen LogP contribution in [0.1, 0.15) is 23.0 Å². The van der Waals surface area contributed by atoms with Crippen molar-refractivity contribution in [1.29, 1.82) is 0 Å². The number of nitrogens with zero attached hydrogens (tertiary/aromatic N) is 1. The summed E-state index contributed by atoms with van der Waals surface area (Å²) in [7, 11) is 1.44. The van der Waals surface area contributed by atoms with Crippen LogP contribution in [0.4, 0.5) is 0 Å². The Hall–Kier alpha value is -2.36. The summed E-state index contributed by atoms with van der Waals surface area (Å²) in [6, 6.07) is 9.77. The number of benzene rings is 1. The molecule has 4 heteroatoms. The summed E-state index contributed by atoms with van der Waals surface area (Å²) in [5, 5.41) is 9.00. The highest BCUT2D eigenvalue weighted by atomic mass is 16.5. The van der Waals surface area contributed by atoms with Crippen molar-refractivity contribution < 1.29 is 14.6 Å². The first-order chi connectivity index (χ1) is 9.15. The molecule has 0 atom stereocenters. The molecular weight excluding hydrogens is 242 g/mol. The van der Waals surface area contributed by atoms with Crippen LogP contribution in [-0.2, 0) is 6.42 Å². The first-order valence-electron chi connectivity index (χ1n) is 6.02. The number of carbonyl (C=O) groups is 1. The number of carboxylic acids is 1. The van der Waals surface area contributed by atoms with Crippen LogP contribution in [0.3, 0.4) is 0 Å². The normalized spacial score (nSPS) is 10.2. The minimum absolute atomic E-state index is 0.0714. The monoisotopic (exact) mass is 257 g/mol. The maximum Gasteiger partial charge on any atom is 0.358 e. The molecule has 19 heavy (non-hydrogen) atoms. The van der Waals surface area contributed by atoms with E-state index in [1.165, 1.54) is 12.7 Å². The fourth-order valence-electron chi connectivity index (χ4n) is 1.89. The van der Waals surface area contributed by atoms with E-state index < -0.39 is 5.97 Å². The Morgan fingerprint density at radius 1 is 1.32 bits per heavy atom. The molecule has 0 radical (unpaired) electrons. The Balaban J connectivity index is 2.48. The zero-order chi connectivity index (χ0) is 13.8. The van der Waals surface area contributed by atoms with E-state index >= 15 is 0 Å². The Labute approximate surface area is 111 Å². The lowest BCUT2D eigenvalue weighted by Gasteiger charge is -2.08. The fourth-order valence-corrected chi connectivity index (χ4v) is 1.89. The number of aromatic carboxylic acids is 1. The Morgan fingerprint density at radius 3 is 2.74 bits per heavy atom. The van der Waals surface area contributed by atoms with Gasteiger partial charge < -0.3 is 9.84 Å². The minimum atomic E-state index is -1.09. The topological polar surface area (TPSA) is 59.4 Å². The van der Waals surface area contributed by atoms with Gasteiger partial charge in [-0.15, -0.1) is 0 Å². The highest BCUT2D eigenvalue weighted by Gasteiger charge is 2.13. The second kappa shape index (κ2) is 5.52. The zero-order valence-corrected chi connectivity index (χ0v) is 10.9. The highest BCUT2D eigenvalue weighted by molar-refractivity contribution is 5.89. The minimum Gasteiger partial charge on any atom is -0.494 e. The molecule has 0 saturated heterocycles. The standard InChI is InChI=1S/C15H15NO3/c1-3-10-5-4-6-11(7-10)12-8-13(19-2)14(15(17)18)16-9-12/h4-9H,3H2,1-2H3,(H,17,18). The van der Waals surface area contributed by atoms with Gasteiger partial charge in [0.15, 0.2) is 11.4 Å². The van der Waals surface area contributed by atoms with Crippen molar-refractivity contribution in [1.82, 2.24) is 4.98 Å². The van der Waals surface area contributed by atoms with Crippen LogP contribution in [0, 0.1) is 0 Å². The van der Waals surface area contributed by atoms with Gasteiger partial charge in [0.05, 0.1) is 7.11 Å². The third kappa shape index (κ3) is 2.73. The van der Waals surface area contributed by atoms with Crippen LogP contribution in [0.5, 0.6) is 5.75 Å². The van der Waals surface area contributed by atoms with E-state index in [9.17, 15) is 4.79 Å². The maximum absolute atomic E-state index is 11.0. The first-order valence-corrected chi connectivity index (χ1v) is 6.02. The van der Waals surface area contributed by atoms with Crippen LogP contribution in [0.15, 0.2) is 36.5 Å². The molecule has 0 aliphatic rings. The van der Waals surface area contributed by atoms with Gasteiger partial charge >= 0.3 is 5.97 Å². The van der Waals surface area contributed by atoms with Crippen molar-refractivity contribution in [2.24, 2.45) is 0 Å². The van der Waals surface area contributed by atoms with Crippen molar-refractivity contribution in [2.45, 2.75) is 13.3 Å². The molecule has 2 rings (SSSR count). The number of carboxylic acid groups (broad SMARTS) is 1. The number of ether oxygens (including phenoxy) is 1. The number of rotatable bonds is 4. The average molecular weight is 257 g/mol. The van der Waals surface area contributed by atoms with Gasteiger partial charge in [-0.2, -0.15) is 0 Å². The summed E-state index contributed by atoms with van der Waals surface area (Å²) < 4.78 is 5.08. The molecule has 0 spiro atoms. The fraction of sp³-hybridized carbons (Fsp3) is 0.200. The number of hydrogen-bond acceptors (Lipinski definition) is 3. The lowest BCUT2D eigenvalue weighted by molar-refractivity contribution is 0.0686. The van der Waals surface area contributed by atoms with Gasteiger partial charge in [0.25, 0.3) is 0 Å². The van der Waals surface area contributed by atoms with Gasteiger partial charge in [-0.25, -0.2) is 9.78 Å². The second-order valence-corrected chi connectivity index (χ2v) is 4.13. The zero-order valence-electron chi connectivity index (χ0n) is 10.9. The van der Waals surface area contributed by atoms with Gasteiger partial charge in [-0.1, -0.05) is 31.2 Å². The summed E-state index contributed by atoms with van der Waals surface area (Å²) in [6.45, 7) is 2.09. The molecule has 0 unspecified atom stereocenters. The predicted octanol–water partition coefficient (Wildman–Crippen LogP) is 3.02. The molecule has 1 aromatic heterocycles. The lowest BCUT2D eigenvalue weighted by atomic mass is 10.0. The summed E-state index contributed by atoms with van der Waals surface area (Å²) in [5.41, 5.74) is 3.00. The molecule has 0 aliphatic heterocycles. The van der Waals surface area contributed by atoms with Gasteiger partial charge in [0.1, 0.15) is 0 Å². The molecule has 98 valence electrons. The van der Waals surface area contributed by atoms with E-state index in [1.807, 2.05) is 12.1 Å². The van der Waals surface area contributed by atoms with Gasteiger partial charge in [0.2, 0.25) is 0 Å². The molecule has 0 aliphatic carbocycles. The summed E-state index contributed by atoms with van der Waals surface area (Å²) >= 11 is 0. The molecule has 1 aromatic carbocycles. The molecule has 1 heterocycles. The number of hydrogen-bond donors (Lipinski definition) is 1. The lowest BCUT2D eigenvalue weighted by Crippen LogP contribution is -2.03. The van der Waals surface area contributed by atoms with Crippen molar-refractivity contribution in [3.63, 3.8) is 0 Å². The molecule has 1 N–H and O–H groups in total.